The van der Waals surface area contributed by atoms with E-state index in [4.69, 9.17) is 0 Å². The Morgan fingerprint density at radius 1 is 1.31 bits per heavy atom. The first-order valence-electron chi connectivity index (χ1n) is 5.26. The molecule has 1 rings (SSSR count). The molecule has 0 spiro atoms. The smallest absolute Gasteiger partial charge is 0.239 e. The number of hydrogen-bond donors (Lipinski definition) is 3. The van der Waals surface area contributed by atoms with Gasteiger partial charge in [-0.15, -0.1) is 0 Å². The minimum Gasteiger partial charge on any atom is -0.369 e. The number of hydrogen-bond acceptors (Lipinski definition) is 5. The molecule has 0 atom stereocenters. The van der Waals surface area contributed by atoms with Crippen molar-refractivity contribution in [3.05, 3.63) is 12.4 Å². The number of carbonyl (C=O) groups is 1. The van der Waals surface area contributed by atoms with E-state index in [1.54, 1.807) is 19.4 Å². The number of anilines is 2. The molecule has 0 fully saturated rings. The second-order valence-electron chi connectivity index (χ2n) is 3.24. The minimum absolute atomic E-state index is 0.0891. The van der Waals surface area contributed by atoms with Gasteiger partial charge in [-0.3, -0.25) is 9.78 Å². The summed E-state index contributed by atoms with van der Waals surface area (Å²) >= 11 is 0. The number of nitrogens with one attached hydrogen (secondary N) is 3. The van der Waals surface area contributed by atoms with E-state index in [1.165, 1.54) is 0 Å². The largest absolute Gasteiger partial charge is 0.369 e. The zero-order valence-corrected chi connectivity index (χ0v) is 9.58. The first kappa shape index (κ1) is 12.2. The van der Waals surface area contributed by atoms with Gasteiger partial charge in [0.1, 0.15) is 11.6 Å². The number of rotatable bonds is 6. The van der Waals surface area contributed by atoms with Crippen molar-refractivity contribution in [2.24, 2.45) is 0 Å². The molecule has 0 unspecified atom stereocenters. The standard InChI is InChI=1S/C10H17N5O/c1-3-4-13-8-5-12-6-9(15-8)14-7-10(16)11-2/h5-6H,3-4,7H2,1-2H3,(H,11,16)(H2,13,14,15). The van der Waals surface area contributed by atoms with Gasteiger partial charge in [0.2, 0.25) is 5.91 Å². The van der Waals surface area contributed by atoms with Crippen LogP contribution in [0.15, 0.2) is 12.4 Å². The van der Waals surface area contributed by atoms with Gasteiger partial charge in [-0.2, -0.15) is 0 Å². The Morgan fingerprint density at radius 2 is 2.00 bits per heavy atom. The van der Waals surface area contributed by atoms with Gasteiger partial charge >= 0.3 is 0 Å². The average Bonchev–Trinajstić information content (AvgIpc) is 2.34. The maximum absolute atomic E-state index is 11.0. The second kappa shape index (κ2) is 6.60. The van der Waals surface area contributed by atoms with E-state index in [0.29, 0.717) is 11.6 Å². The number of amides is 1. The summed E-state index contributed by atoms with van der Waals surface area (Å²) in [5.41, 5.74) is 0. The Hall–Kier alpha value is -1.85. The van der Waals surface area contributed by atoms with Gasteiger partial charge in [-0.1, -0.05) is 6.92 Å². The van der Waals surface area contributed by atoms with E-state index in [9.17, 15) is 4.79 Å². The zero-order chi connectivity index (χ0) is 11.8. The lowest BCUT2D eigenvalue weighted by Crippen LogP contribution is -2.26. The van der Waals surface area contributed by atoms with Gasteiger partial charge in [0.05, 0.1) is 18.9 Å². The molecule has 16 heavy (non-hydrogen) atoms. The van der Waals surface area contributed by atoms with Crippen LogP contribution >= 0.6 is 0 Å². The highest BCUT2D eigenvalue weighted by atomic mass is 16.1. The van der Waals surface area contributed by atoms with Crippen LogP contribution in [0.4, 0.5) is 11.6 Å². The van der Waals surface area contributed by atoms with Crippen molar-refractivity contribution in [1.29, 1.82) is 0 Å². The molecule has 3 N–H and O–H groups in total. The van der Waals surface area contributed by atoms with Crippen molar-refractivity contribution in [3.8, 4) is 0 Å². The predicted molar refractivity (Wildman–Crippen MR) is 63.4 cm³/mol. The predicted octanol–water partition coefficient (Wildman–Crippen LogP) is 0.456. The highest BCUT2D eigenvalue weighted by Gasteiger charge is 2.00. The summed E-state index contributed by atoms with van der Waals surface area (Å²) in [6.45, 7) is 3.13. The molecule has 1 amide bonds. The lowest BCUT2D eigenvalue weighted by Gasteiger charge is -2.07. The molecule has 6 nitrogen and oxygen atoms in total. The molecule has 6 heteroatoms. The van der Waals surface area contributed by atoms with Crippen molar-refractivity contribution >= 4 is 17.5 Å². The maximum atomic E-state index is 11.0. The molecular weight excluding hydrogens is 206 g/mol. The summed E-state index contributed by atoms with van der Waals surface area (Å²) in [7, 11) is 1.59. The molecule has 0 radical (unpaired) electrons. The lowest BCUT2D eigenvalue weighted by atomic mass is 10.5. The van der Waals surface area contributed by atoms with E-state index >= 15 is 0 Å². The van der Waals surface area contributed by atoms with E-state index in [0.717, 1.165) is 13.0 Å². The van der Waals surface area contributed by atoms with Crippen LogP contribution in [0, 0.1) is 0 Å². The van der Waals surface area contributed by atoms with Crippen LogP contribution in [0.2, 0.25) is 0 Å². The Kier molecular flexibility index (Phi) is 5.04. The van der Waals surface area contributed by atoms with Gasteiger partial charge in [0.15, 0.2) is 0 Å². The monoisotopic (exact) mass is 223 g/mol. The van der Waals surface area contributed by atoms with Crippen LogP contribution in [-0.4, -0.2) is 36.0 Å². The van der Waals surface area contributed by atoms with Gasteiger partial charge in [-0.05, 0) is 6.42 Å². The second-order valence-corrected chi connectivity index (χ2v) is 3.24. The third kappa shape index (κ3) is 4.12. The summed E-state index contributed by atoms with van der Waals surface area (Å²) in [5.74, 6) is 1.21. The Bertz CT molecular complexity index is 342. The van der Waals surface area contributed by atoms with Crippen LogP contribution in [-0.2, 0) is 4.79 Å². The summed E-state index contributed by atoms with van der Waals surface area (Å²) < 4.78 is 0. The Balaban J connectivity index is 2.50. The fourth-order valence-corrected chi connectivity index (χ4v) is 1.05. The molecule has 0 aliphatic heterocycles. The fourth-order valence-electron chi connectivity index (χ4n) is 1.05. The van der Waals surface area contributed by atoms with Gasteiger partial charge < -0.3 is 16.0 Å². The molecule has 0 saturated heterocycles. The number of aromatic nitrogens is 2. The van der Waals surface area contributed by atoms with E-state index in [2.05, 4.69) is 32.8 Å². The quantitative estimate of drug-likeness (QED) is 0.653. The molecular formula is C10H17N5O. The number of nitrogens with zero attached hydrogens (tertiary/aromatic N) is 2. The van der Waals surface area contributed by atoms with E-state index < -0.39 is 0 Å². The SMILES string of the molecule is CCCNc1cncc(NCC(=O)NC)n1. The molecule has 0 bridgehead atoms. The van der Waals surface area contributed by atoms with Gasteiger partial charge in [0, 0.05) is 13.6 Å². The highest BCUT2D eigenvalue weighted by molar-refractivity contribution is 5.80. The molecule has 0 aliphatic rings. The average molecular weight is 223 g/mol. The normalized spacial score (nSPS) is 9.62. The van der Waals surface area contributed by atoms with Crippen LogP contribution in [0.1, 0.15) is 13.3 Å². The molecule has 0 aromatic carbocycles. The fraction of sp³-hybridized carbons (Fsp3) is 0.500. The van der Waals surface area contributed by atoms with Crippen molar-refractivity contribution in [2.45, 2.75) is 13.3 Å². The van der Waals surface area contributed by atoms with Crippen molar-refractivity contribution in [2.75, 3.05) is 30.8 Å². The molecule has 0 saturated carbocycles. The molecule has 88 valence electrons. The van der Waals surface area contributed by atoms with Gasteiger partial charge in [-0.25, -0.2) is 4.98 Å². The van der Waals surface area contributed by atoms with Crippen molar-refractivity contribution in [1.82, 2.24) is 15.3 Å². The molecule has 0 aliphatic carbocycles. The van der Waals surface area contributed by atoms with Crippen molar-refractivity contribution in [3.63, 3.8) is 0 Å². The van der Waals surface area contributed by atoms with Gasteiger partial charge in [0.25, 0.3) is 0 Å². The summed E-state index contributed by atoms with van der Waals surface area (Å²) in [6.07, 6.45) is 4.26. The number of carbonyl (C=O) groups excluding carboxylic acids is 1. The van der Waals surface area contributed by atoms with Crippen LogP contribution < -0.4 is 16.0 Å². The molecule has 1 heterocycles. The topological polar surface area (TPSA) is 78.9 Å². The summed E-state index contributed by atoms with van der Waals surface area (Å²) in [5, 5.41) is 8.53. The van der Waals surface area contributed by atoms with Crippen LogP contribution in [0.5, 0.6) is 0 Å². The third-order valence-electron chi connectivity index (χ3n) is 1.90. The maximum Gasteiger partial charge on any atom is 0.239 e. The minimum atomic E-state index is -0.0891. The van der Waals surface area contributed by atoms with Crippen LogP contribution in [0.25, 0.3) is 0 Å². The molecule has 1 aromatic rings. The molecule has 1 aromatic heterocycles. The lowest BCUT2D eigenvalue weighted by molar-refractivity contribution is -0.118. The van der Waals surface area contributed by atoms with E-state index in [-0.39, 0.29) is 12.5 Å². The Morgan fingerprint density at radius 3 is 2.62 bits per heavy atom. The first-order valence-corrected chi connectivity index (χ1v) is 5.26. The first-order chi connectivity index (χ1) is 7.76. The van der Waals surface area contributed by atoms with Crippen LogP contribution in [0.3, 0.4) is 0 Å². The summed E-state index contributed by atoms with van der Waals surface area (Å²) in [6, 6.07) is 0. The van der Waals surface area contributed by atoms with E-state index in [1.807, 2.05) is 0 Å². The summed E-state index contributed by atoms with van der Waals surface area (Å²) in [4.78, 5) is 19.3. The zero-order valence-electron chi connectivity index (χ0n) is 9.58. The Labute approximate surface area is 94.9 Å². The highest BCUT2D eigenvalue weighted by Crippen LogP contribution is 2.05. The number of likely N-dealkylation sites (N-methyl/N-ethyl adjacent to an activating group) is 1. The third-order valence-corrected chi connectivity index (χ3v) is 1.90. The van der Waals surface area contributed by atoms with Crippen molar-refractivity contribution < 1.29 is 4.79 Å².